The Morgan fingerprint density at radius 2 is 1.83 bits per heavy atom. The maximum absolute atomic E-state index is 9.86. The van der Waals surface area contributed by atoms with E-state index >= 15 is 0 Å². The van der Waals surface area contributed by atoms with Crippen LogP contribution in [0.1, 0.15) is 31.4 Å². The summed E-state index contributed by atoms with van der Waals surface area (Å²) in [6.45, 7) is 2.02. The predicted molar refractivity (Wildman–Crippen MR) is 74.6 cm³/mol. The summed E-state index contributed by atoms with van der Waals surface area (Å²) in [5.41, 5.74) is 6.84. The van der Waals surface area contributed by atoms with Gasteiger partial charge in [0.05, 0.1) is 26.4 Å². The maximum Gasteiger partial charge on any atom is 0.161 e. The minimum Gasteiger partial charge on any atom is -0.493 e. The average molecular weight is 276 g/mol. The van der Waals surface area contributed by atoms with Crippen LogP contribution in [0.15, 0.2) is 18.2 Å². The molecular weight excluding hydrogens is 254 g/mol. The lowest BCUT2D eigenvalue weighted by atomic mass is 9.99. The molecule has 0 aliphatic heterocycles. The molecule has 0 saturated carbocycles. The van der Waals surface area contributed by atoms with Crippen LogP contribution in [0.2, 0.25) is 0 Å². The molecule has 0 aliphatic carbocycles. The van der Waals surface area contributed by atoms with Crippen molar-refractivity contribution in [3.63, 3.8) is 0 Å². The highest BCUT2D eigenvalue weighted by Gasteiger charge is 2.17. The van der Waals surface area contributed by atoms with E-state index in [9.17, 15) is 5.11 Å². The van der Waals surface area contributed by atoms with Crippen LogP contribution >= 0.6 is 12.4 Å². The third kappa shape index (κ3) is 4.05. The van der Waals surface area contributed by atoms with Crippen molar-refractivity contribution >= 4 is 12.4 Å². The molecule has 0 aliphatic rings. The van der Waals surface area contributed by atoms with E-state index in [1.807, 2.05) is 19.1 Å². The third-order valence-electron chi connectivity index (χ3n) is 2.79. The molecule has 0 heterocycles. The Bertz CT molecular complexity index is 360. The van der Waals surface area contributed by atoms with E-state index in [2.05, 4.69) is 0 Å². The first-order valence-electron chi connectivity index (χ1n) is 5.79. The fourth-order valence-corrected chi connectivity index (χ4v) is 1.76. The molecule has 0 bridgehead atoms. The molecule has 0 fully saturated rings. The quantitative estimate of drug-likeness (QED) is 0.836. The Morgan fingerprint density at radius 3 is 2.33 bits per heavy atom. The van der Waals surface area contributed by atoms with Crippen molar-refractivity contribution in [1.82, 2.24) is 0 Å². The molecule has 18 heavy (non-hydrogen) atoms. The van der Waals surface area contributed by atoms with Gasteiger partial charge in [0, 0.05) is 0 Å². The Morgan fingerprint density at radius 1 is 1.22 bits per heavy atom. The van der Waals surface area contributed by atoms with Crippen LogP contribution in [-0.2, 0) is 0 Å². The molecule has 0 amide bonds. The van der Waals surface area contributed by atoms with E-state index < -0.39 is 12.1 Å². The lowest BCUT2D eigenvalue weighted by Gasteiger charge is -2.19. The Kier molecular flexibility index (Phi) is 7.75. The molecule has 0 spiro atoms. The Labute approximate surface area is 115 Å². The van der Waals surface area contributed by atoms with Crippen molar-refractivity contribution in [2.45, 2.75) is 31.9 Å². The van der Waals surface area contributed by atoms with Crippen molar-refractivity contribution in [3.8, 4) is 11.5 Å². The highest BCUT2D eigenvalue weighted by molar-refractivity contribution is 5.85. The van der Waals surface area contributed by atoms with Crippen molar-refractivity contribution in [1.29, 1.82) is 0 Å². The second kappa shape index (κ2) is 8.19. The molecule has 4 nitrogen and oxygen atoms in total. The van der Waals surface area contributed by atoms with Crippen molar-refractivity contribution in [2.75, 3.05) is 14.2 Å². The van der Waals surface area contributed by atoms with Crippen molar-refractivity contribution in [3.05, 3.63) is 23.8 Å². The van der Waals surface area contributed by atoms with Gasteiger partial charge in [0.2, 0.25) is 0 Å². The van der Waals surface area contributed by atoms with Crippen LogP contribution < -0.4 is 15.2 Å². The second-order valence-electron chi connectivity index (χ2n) is 4.00. The van der Waals surface area contributed by atoms with Gasteiger partial charge in [-0.2, -0.15) is 0 Å². The van der Waals surface area contributed by atoms with Crippen LogP contribution in [0.4, 0.5) is 0 Å². The zero-order valence-electron chi connectivity index (χ0n) is 11.1. The fraction of sp³-hybridized carbons (Fsp3) is 0.538. The highest BCUT2D eigenvalue weighted by Crippen LogP contribution is 2.30. The van der Waals surface area contributed by atoms with Gasteiger partial charge in [0.1, 0.15) is 0 Å². The number of benzene rings is 1. The van der Waals surface area contributed by atoms with E-state index in [-0.39, 0.29) is 12.4 Å². The number of hydrogen-bond donors (Lipinski definition) is 2. The third-order valence-corrected chi connectivity index (χ3v) is 2.79. The maximum atomic E-state index is 9.86. The molecule has 104 valence electrons. The van der Waals surface area contributed by atoms with E-state index in [0.29, 0.717) is 17.9 Å². The number of hydrogen-bond acceptors (Lipinski definition) is 4. The summed E-state index contributed by atoms with van der Waals surface area (Å²) in [5, 5.41) is 9.86. The van der Waals surface area contributed by atoms with Gasteiger partial charge in [-0.05, 0) is 24.1 Å². The Hall–Kier alpha value is -0.970. The van der Waals surface area contributed by atoms with E-state index in [1.54, 1.807) is 20.3 Å². The molecule has 5 heteroatoms. The summed E-state index contributed by atoms with van der Waals surface area (Å²) in [6, 6.07) is 5.06. The van der Waals surface area contributed by atoms with Gasteiger partial charge in [0.25, 0.3) is 0 Å². The van der Waals surface area contributed by atoms with Gasteiger partial charge in [0.15, 0.2) is 11.5 Å². The summed E-state index contributed by atoms with van der Waals surface area (Å²) in [4.78, 5) is 0. The minimum atomic E-state index is -0.530. The summed E-state index contributed by atoms with van der Waals surface area (Å²) in [6.07, 6.45) is 1.07. The first-order valence-corrected chi connectivity index (χ1v) is 5.79. The molecule has 2 atom stereocenters. The molecule has 1 aromatic rings. The minimum absolute atomic E-state index is 0. The number of halogens is 1. The predicted octanol–water partition coefficient (Wildman–Crippen LogP) is 2.29. The molecule has 0 radical (unpaired) electrons. The lowest BCUT2D eigenvalue weighted by Crippen LogP contribution is -2.25. The molecule has 0 saturated heterocycles. The van der Waals surface area contributed by atoms with Crippen LogP contribution in [0.3, 0.4) is 0 Å². The molecular formula is C13H22ClNO3. The van der Waals surface area contributed by atoms with Gasteiger partial charge < -0.3 is 20.3 Å². The van der Waals surface area contributed by atoms with Crippen LogP contribution in [0.5, 0.6) is 11.5 Å². The molecule has 1 aromatic carbocycles. The van der Waals surface area contributed by atoms with Gasteiger partial charge in [-0.3, -0.25) is 0 Å². The zero-order valence-corrected chi connectivity index (χ0v) is 11.9. The van der Waals surface area contributed by atoms with Gasteiger partial charge in [-0.15, -0.1) is 12.4 Å². The second-order valence-corrected chi connectivity index (χ2v) is 4.00. The Balaban J connectivity index is 0.00000289. The zero-order chi connectivity index (χ0) is 12.8. The van der Waals surface area contributed by atoms with Crippen LogP contribution in [0, 0.1) is 0 Å². The normalized spacial score (nSPS) is 13.4. The standard InChI is InChI=1S/C13H21NO3.ClH/c1-4-5-10(15)13(14)9-6-7-11(16-2)12(8-9)17-3;/h6-8,10,13,15H,4-5,14H2,1-3H3;1H/t10-,13+;/m1./s1. The van der Waals surface area contributed by atoms with Gasteiger partial charge >= 0.3 is 0 Å². The fourth-order valence-electron chi connectivity index (χ4n) is 1.76. The summed E-state index contributed by atoms with van der Waals surface area (Å²) in [5.74, 6) is 1.29. The molecule has 1 rings (SSSR count). The van der Waals surface area contributed by atoms with Crippen LogP contribution in [0.25, 0.3) is 0 Å². The molecule has 0 unspecified atom stereocenters. The number of methoxy groups -OCH3 is 2. The SMILES string of the molecule is CCC[C@@H](O)[C@@H](N)c1ccc(OC)c(OC)c1.Cl. The smallest absolute Gasteiger partial charge is 0.161 e. The first-order chi connectivity index (χ1) is 8.13. The number of aliphatic hydroxyl groups is 1. The van der Waals surface area contributed by atoms with E-state index in [4.69, 9.17) is 15.2 Å². The summed E-state index contributed by atoms with van der Waals surface area (Å²) in [7, 11) is 3.17. The number of nitrogens with two attached hydrogens (primary N) is 1. The van der Waals surface area contributed by atoms with Crippen LogP contribution in [-0.4, -0.2) is 25.4 Å². The van der Waals surface area contributed by atoms with Crippen molar-refractivity contribution in [2.24, 2.45) is 5.73 Å². The summed E-state index contributed by atoms with van der Waals surface area (Å²) >= 11 is 0. The average Bonchev–Trinajstić information content (AvgIpc) is 2.37. The molecule has 3 N–H and O–H groups in total. The monoisotopic (exact) mass is 275 g/mol. The molecule has 0 aromatic heterocycles. The summed E-state index contributed by atoms with van der Waals surface area (Å²) < 4.78 is 10.4. The number of aliphatic hydroxyl groups excluding tert-OH is 1. The highest BCUT2D eigenvalue weighted by atomic mass is 35.5. The first kappa shape index (κ1) is 17.0. The lowest BCUT2D eigenvalue weighted by molar-refractivity contribution is 0.134. The largest absolute Gasteiger partial charge is 0.493 e. The van der Waals surface area contributed by atoms with E-state index in [0.717, 1.165) is 12.0 Å². The van der Waals surface area contributed by atoms with Crippen molar-refractivity contribution < 1.29 is 14.6 Å². The number of ether oxygens (including phenoxy) is 2. The van der Waals surface area contributed by atoms with Gasteiger partial charge in [-0.25, -0.2) is 0 Å². The van der Waals surface area contributed by atoms with E-state index in [1.165, 1.54) is 0 Å². The van der Waals surface area contributed by atoms with Gasteiger partial charge in [-0.1, -0.05) is 19.4 Å². The number of rotatable bonds is 6. The topological polar surface area (TPSA) is 64.7 Å².